The predicted molar refractivity (Wildman–Crippen MR) is 107 cm³/mol. The highest BCUT2D eigenvalue weighted by atomic mass is 15.3. The third-order valence-electron chi connectivity index (χ3n) is 4.68. The van der Waals surface area contributed by atoms with Crippen molar-refractivity contribution in [2.75, 3.05) is 43.9 Å². The molecule has 0 radical (unpaired) electrons. The van der Waals surface area contributed by atoms with Crippen LogP contribution in [0.25, 0.3) is 22.9 Å². The summed E-state index contributed by atoms with van der Waals surface area (Å²) in [6.45, 7) is 3.78. The lowest BCUT2D eigenvalue weighted by Crippen LogP contribution is -2.45. The Hall–Kier alpha value is -2.99. The minimum absolute atomic E-state index is 0.256. The van der Waals surface area contributed by atoms with E-state index < -0.39 is 0 Å². The molecule has 0 unspecified atom stereocenters. The second-order valence-corrected chi connectivity index (χ2v) is 6.54. The Balaban J connectivity index is 1.62. The molecule has 0 amide bonds. The van der Waals surface area contributed by atoms with E-state index in [1.807, 2.05) is 24.3 Å². The Morgan fingerprint density at radius 1 is 0.885 bits per heavy atom. The van der Waals surface area contributed by atoms with Gasteiger partial charge in [-0.25, -0.2) is 0 Å². The maximum atomic E-state index is 5.92. The molecule has 0 atom stereocenters. The van der Waals surface area contributed by atoms with Gasteiger partial charge in [0.1, 0.15) is 0 Å². The van der Waals surface area contributed by atoms with Crippen LogP contribution in [0.15, 0.2) is 42.5 Å². The zero-order valence-corrected chi connectivity index (χ0v) is 14.8. The first kappa shape index (κ1) is 16.5. The average Bonchev–Trinajstić information content (AvgIpc) is 2.66. The van der Waals surface area contributed by atoms with Gasteiger partial charge >= 0.3 is 0 Å². The molecule has 26 heavy (non-hydrogen) atoms. The van der Waals surface area contributed by atoms with Crippen molar-refractivity contribution in [3.05, 3.63) is 53.9 Å². The lowest BCUT2D eigenvalue weighted by atomic mass is 10.0. The minimum atomic E-state index is 0.256. The first-order chi connectivity index (χ1) is 12.7. The number of benzene rings is 2. The van der Waals surface area contributed by atoms with Crippen LogP contribution in [0.4, 0.5) is 11.9 Å². The third kappa shape index (κ3) is 3.50. The Morgan fingerprint density at radius 2 is 1.65 bits per heavy atom. The van der Waals surface area contributed by atoms with E-state index in [-0.39, 0.29) is 5.95 Å². The molecular formula is C20H22N6. The number of nitrogens with zero attached hydrogens (tertiary/aromatic N) is 5. The van der Waals surface area contributed by atoms with Crippen LogP contribution in [-0.4, -0.2) is 53.1 Å². The van der Waals surface area contributed by atoms with Crippen molar-refractivity contribution in [3.63, 3.8) is 0 Å². The van der Waals surface area contributed by atoms with Crippen LogP contribution in [-0.2, 0) is 0 Å². The third-order valence-corrected chi connectivity index (χ3v) is 4.68. The van der Waals surface area contributed by atoms with E-state index >= 15 is 0 Å². The molecule has 2 N–H and O–H groups in total. The van der Waals surface area contributed by atoms with Crippen LogP contribution in [0.5, 0.6) is 0 Å². The van der Waals surface area contributed by atoms with E-state index in [4.69, 9.17) is 5.73 Å². The number of aromatic nitrogens is 3. The van der Waals surface area contributed by atoms with E-state index in [0.717, 1.165) is 31.7 Å². The molecule has 4 rings (SSSR count). The van der Waals surface area contributed by atoms with Gasteiger partial charge in [0.05, 0.1) is 0 Å². The lowest BCUT2D eigenvalue weighted by Gasteiger charge is -2.32. The highest BCUT2D eigenvalue weighted by molar-refractivity contribution is 5.92. The summed E-state index contributed by atoms with van der Waals surface area (Å²) in [6, 6.07) is 14.6. The number of nitrogens with two attached hydrogens (primary N) is 1. The van der Waals surface area contributed by atoms with Gasteiger partial charge in [-0.15, -0.1) is 0 Å². The first-order valence-corrected chi connectivity index (χ1v) is 8.80. The molecule has 2 heterocycles. The predicted octanol–water partition coefficient (Wildman–Crippen LogP) is 2.53. The molecule has 1 fully saturated rings. The van der Waals surface area contributed by atoms with Gasteiger partial charge in [0, 0.05) is 26.2 Å². The van der Waals surface area contributed by atoms with Gasteiger partial charge in [-0.05, 0) is 29.5 Å². The largest absolute Gasteiger partial charge is 0.368 e. The summed E-state index contributed by atoms with van der Waals surface area (Å²) in [5, 5.41) is 2.41. The topological polar surface area (TPSA) is 71.2 Å². The van der Waals surface area contributed by atoms with E-state index in [9.17, 15) is 0 Å². The zero-order valence-electron chi connectivity index (χ0n) is 14.8. The van der Waals surface area contributed by atoms with E-state index in [1.165, 1.54) is 10.8 Å². The lowest BCUT2D eigenvalue weighted by molar-refractivity contribution is 0.311. The van der Waals surface area contributed by atoms with Crippen LogP contribution in [0.3, 0.4) is 0 Å². The monoisotopic (exact) mass is 346 g/mol. The number of fused-ring (bicyclic) bond motifs is 1. The first-order valence-electron chi connectivity index (χ1n) is 8.80. The van der Waals surface area contributed by atoms with Crippen molar-refractivity contribution < 1.29 is 0 Å². The minimum Gasteiger partial charge on any atom is -0.368 e. The van der Waals surface area contributed by atoms with Gasteiger partial charge in [-0.1, -0.05) is 48.5 Å². The van der Waals surface area contributed by atoms with E-state index in [2.05, 4.69) is 62.1 Å². The highest BCUT2D eigenvalue weighted by Gasteiger charge is 2.17. The highest BCUT2D eigenvalue weighted by Crippen LogP contribution is 2.20. The number of hydrogen-bond acceptors (Lipinski definition) is 6. The Labute approximate surface area is 153 Å². The Bertz CT molecular complexity index is 939. The standard InChI is InChI=1S/C20H22N6/c1-25-11-13-26(14-12-25)20-23-18(22-19(21)24-20)10-9-16-7-4-6-15-5-2-3-8-17(15)16/h2-10H,11-14H2,1H3,(H2,21,22,23,24)/b10-9+. The van der Waals surface area contributed by atoms with Crippen molar-refractivity contribution in [1.82, 2.24) is 19.9 Å². The second kappa shape index (κ2) is 7.09. The zero-order chi connectivity index (χ0) is 17.9. The molecule has 0 aliphatic carbocycles. The van der Waals surface area contributed by atoms with Gasteiger partial charge < -0.3 is 15.5 Å². The molecule has 1 saturated heterocycles. The molecule has 0 spiro atoms. The molecule has 3 aromatic rings. The maximum Gasteiger partial charge on any atom is 0.230 e. The fraction of sp³-hybridized carbons (Fsp3) is 0.250. The molecule has 6 nitrogen and oxygen atoms in total. The molecule has 6 heteroatoms. The number of anilines is 2. The van der Waals surface area contributed by atoms with Crippen LogP contribution in [0.1, 0.15) is 11.4 Å². The quantitative estimate of drug-likeness (QED) is 0.786. The fourth-order valence-electron chi connectivity index (χ4n) is 3.18. The SMILES string of the molecule is CN1CCN(c2nc(N)nc(/C=C/c3cccc4ccccc34)n2)CC1. The molecule has 1 aliphatic rings. The van der Waals surface area contributed by atoms with Gasteiger partial charge in [-0.3, -0.25) is 0 Å². The van der Waals surface area contributed by atoms with Gasteiger partial charge in [0.2, 0.25) is 11.9 Å². The summed E-state index contributed by atoms with van der Waals surface area (Å²) in [5.74, 6) is 1.49. The number of likely N-dealkylation sites (N-methyl/N-ethyl adjacent to an activating group) is 1. The molecule has 0 bridgehead atoms. The molecule has 1 aliphatic heterocycles. The summed E-state index contributed by atoms with van der Waals surface area (Å²) >= 11 is 0. The van der Waals surface area contributed by atoms with Crippen molar-refractivity contribution in [3.8, 4) is 0 Å². The van der Waals surface area contributed by atoms with Crippen molar-refractivity contribution in [1.29, 1.82) is 0 Å². The number of nitrogen functional groups attached to an aromatic ring is 1. The van der Waals surface area contributed by atoms with Crippen LogP contribution < -0.4 is 10.6 Å². The van der Waals surface area contributed by atoms with Crippen molar-refractivity contribution in [2.45, 2.75) is 0 Å². The number of hydrogen-bond donors (Lipinski definition) is 1. The Morgan fingerprint density at radius 3 is 2.50 bits per heavy atom. The normalized spacial score (nSPS) is 15.8. The molecule has 0 saturated carbocycles. The molecular weight excluding hydrogens is 324 g/mol. The fourth-order valence-corrected chi connectivity index (χ4v) is 3.18. The summed E-state index contributed by atoms with van der Waals surface area (Å²) < 4.78 is 0. The van der Waals surface area contributed by atoms with Gasteiger partial charge in [0.25, 0.3) is 0 Å². The van der Waals surface area contributed by atoms with Crippen LogP contribution >= 0.6 is 0 Å². The Kier molecular flexibility index (Phi) is 4.50. The van der Waals surface area contributed by atoms with E-state index in [1.54, 1.807) is 0 Å². The summed E-state index contributed by atoms with van der Waals surface area (Å²) in [5.41, 5.74) is 7.05. The van der Waals surface area contributed by atoms with Crippen LogP contribution in [0.2, 0.25) is 0 Å². The van der Waals surface area contributed by atoms with Gasteiger partial charge in [-0.2, -0.15) is 15.0 Å². The number of piperazine rings is 1. The summed E-state index contributed by atoms with van der Waals surface area (Å²) in [7, 11) is 2.12. The molecule has 2 aromatic carbocycles. The van der Waals surface area contributed by atoms with Crippen molar-refractivity contribution in [2.24, 2.45) is 0 Å². The smallest absolute Gasteiger partial charge is 0.230 e. The maximum absolute atomic E-state index is 5.92. The van der Waals surface area contributed by atoms with E-state index in [0.29, 0.717) is 11.8 Å². The summed E-state index contributed by atoms with van der Waals surface area (Å²) in [4.78, 5) is 17.6. The molecule has 132 valence electrons. The van der Waals surface area contributed by atoms with Crippen molar-refractivity contribution >= 4 is 34.8 Å². The van der Waals surface area contributed by atoms with Crippen LogP contribution in [0, 0.1) is 0 Å². The molecule has 1 aromatic heterocycles. The summed E-state index contributed by atoms with van der Waals surface area (Å²) in [6.07, 6.45) is 3.93. The second-order valence-electron chi connectivity index (χ2n) is 6.54. The average molecular weight is 346 g/mol. The number of rotatable bonds is 3. The van der Waals surface area contributed by atoms with Gasteiger partial charge in [0.15, 0.2) is 5.82 Å².